The average molecular weight is 430 g/mol. The van der Waals surface area contributed by atoms with E-state index < -0.39 is 21.0 Å². The molecule has 1 aliphatic heterocycles. The van der Waals surface area contributed by atoms with Crippen LogP contribution in [0.5, 0.6) is 0 Å². The van der Waals surface area contributed by atoms with Crippen LogP contribution in [-0.4, -0.2) is 31.2 Å². The molecule has 1 atom stereocenters. The third kappa shape index (κ3) is 4.96. The molecule has 1 heterocycles. The van der Waals surface area contributed by atoms with Crippen LogP contribution in [0.4, 0.5) is 11.4 Å². The SMILES string of the molecule is C[C@H](CC(=O)Nc1ccc(C#N)cc1)S(=O)(=O)c1ccc2c(c1)NC(=O)CCS2. The molecule has 2 aromatic carbocycles. The number of rotatable bonds is 5. The summed E-state index contributed by atoms with van der Waals surface area (Å²) in [5, 5.41) is 13.2. The molecule has 0 aromatic heterocycles. The Morgan fingerprint density at radius 1 is 1.28 bits per heavy atom. The molecule has 0 bridgehead atoms. The summed E-state index contributed by atoms with van der Waals surface area (Å²) in [7, 11) is -3.76. The van der Waals surface area contributed by atoms with Crippen LogP contribution >= 0.6 is 11.8 Å². The van der Waals surface area contributed by atoms with Gasteiger partial charge >= 0.3 is 0 Å². The summed E-state index contributed by atoms with van der Waals surface area (Å²) >= 11 is 1.49. The predicted octanol–water partition coefficient (Wildman–Crippen LogP) is 3.18. The van der Waals surface area contributed by atoms with Crippen LogP contribution in [0.3, 0.4) is 0 Å². The highest BCUT2D eigenvalue weighted by Gasteiger charge is 2.27. The number of nitrogens with one attached hydrogen (secondary N) is 2. The highest BCUT2D eigenvalue weighted by molar-refractivity contribution is 7.99. The Labute approximate surface area is 173 Å². The van der Waals surface area contributed by atoms with Gasteiger partial charge in [-0.15, -0.1) is 11.8 Å². The number of fused-ring (bicyclic) bond motifs is 1. The summed E-state index contributed by atoms with van der Waals surface area (Å²) in [5.74, 6) is 0.0432. The fourth-order valence-corrected chi connectivity index (χ4v) is 5.13. The van der Waals surface area contributed by atoms with Gasteiger partial charge in [-0.05, 0) is 49.4 Å². The van der Waals surface area contributed by atoms with E-state index in [0.717, 1.165) is 4.90 Å². The van der Waals surface area contributed by atoms with E-state index in [4.69, 9.17) is 5.26 Å². The number of sulfone groups is 1. The van der Waals surface area contributed by atoms with Gasteiger partial charge in [0.1, 0.15) is 0 Å². The van der Waals surface area contributed by atoms with E-state index in [2.05, 4.69) is 10.6 Å². The number of nitrogens with zero attached hydrogens (tertiary/aromatic N) is 1. The van der Waals surface area contributed by atoms with Crippen LogP contribution in [-0.2, 0) is 19.4 Å². The summed E-state index contributed by atoms with van der Waals surface area (Å²) in [6.45, 7) is 1.48. The summed E-state index contributed by atoms with van der Waals surface area (Å²) in [4.78, 5) is 24.9. The molecular weight excluding hydrogens is 410 g/mol. The van der Waals surface area contributed by atoms with Gasteiger partial charge in [0, 0.05) is 29.2 Å². The van der Waals surface area contributed by atoms with E-state index >= 15 is 0 Å². The van der Waals surface area contributed by atoms with Crippen molar-refractivity contribution < 1.29 is 18.0 Å². The minimum absolute atomic E-state index is 0.0673. The molecule has 1 aliphatic rings. The molecule has 0 fully saturated rings. The van der Waals surface area contributed by atoms with Crippen molar-refractivity contribution in [2.24, 2.45) is 0 Å². The molecule has 0 radical (unpaired) electrons. The summed E-state index contributed by atoms with van der Waals surface area (Å²) in [5.41, 5.74) is 1.43. The second kappa shape index (κ2) is 8.68. The lowest BCUT2D eigenvalue weighted by molar-refractivity contribution is -0.116. The van der Waals surface area contributed by atoms with Crippen molar-refractivity contribution in [3.63, 3.8) is 0 Å². The molecule has 2 amide bonds. The molecule has 2 aromatic rings. The number of hydrogen-bond acceptors (Lipinski definition) is 6. The number of thioether (sulfide) groups is 1. The Morgan fingerprint density at radius 2 is 2.00 bits per heavy atom. The zero-order valence-electron chi connectivity index (χ0n) is 15.6. The number of hydrogen-bond donors (Lipinski definition) is 2. The van der Waals surface area contributed by atoms with Gasteiger partial charge in [-0.1, -0.05) is 0 Å². The summed E-state index contributed by atoms with van der Waals surface area (Å²) in [6, 6.07) is 12.9. The lowest BCUT2D eigenvalue weighted by Crippen LogP contribution is -2.25. The molecule has 9 heteroatoms. The number of carbonyl (C=O) groups is 2. The molecule has 0 saturated heterocycles. The molecular formula is C20H19N3O4S2. The van der Waals surface area contributed by atoms with Crippen LogP contribution in [0.2, 0.25) is 0 Å². The third-order valence-corrected chi connectivity index (χ3v) is 7.65. The molecule has 0 spiro atoms. The van der Waals surface area contributed by atoms with E-state index in [0.29, 0.717) is 29.1 Å². The van der Waals surface area contributed by atoms with Crippen molar-refractivity contribution in [3.05, 3.63) is 48.0 Å². The lowest BCUT2D eigenvalue weighted by Gasteiger charge is -2.15. The first kappa shape index (κ1) is 20.9. The van der Waals surface area contributed by atoms with E-state index in [1.807, 2.05) is 6.07 Å². The Hall–Kier alpha value is -2.83. The molecule has 0 unspecified atom stereocenters. The van der Waals surface area contributed by atoms with Crippen molar-refractivity contribution in [3.8, 4) is 6.07 Å². The molecule has 150 valence electrons. The Balaban J connectivity index is 1.72. The maximum absolute atomic E-state index is 12.9. The average Bonchev–Trinajstić information content (AvgIpc) is 2.88. The zero-order valence-corrected chi connectivity index (χ0v) is 17.3. The molecule has 0 saturated carbocycles. The van der Waals surface area contributed by atoms with Crippen molar-refractivity contribution in [1.82, 2.24) is 0 Å². The highest BCUT2D eigenvalue weighted by atomic mass is 32.2. The first-order valence-electron chi connectivity index (χ1n) is 8.90. The molecule has 29 heavy (non-hydrogen) atoms. The van der Waals surface area contributed by atoms with E-state index in [1.165, 1.54) is 30.8 Å². The standard InChI is InChI=1S/C20H19N3O4S2/c1-13(10-20(25)22-15-4-2-14(12-21)3-5-15)29(26,27)16-6-7-18-17(11-16)23-19(24)8-9-28-18/h2-7,11,13H,8-10H2,1H3,(H,22,25)(H,23,24)/t13-/m1/s1. The zero-order chi connectivity index (χ0) is 21.0. The van der Waals surface area contributed by atoms with E-state index in [-0.39, 0.29) is 17.2 Å². The number of anilines is 2. The van der Waals surface area contributed by atoms with Gasteiger partial charge < -0.3 is 10.6 Å². The quantitative estimate of drug-likeness (QED) is 0.754. The van der Waals surface area contributed by atoms with Crippen molar-refractivity contribution >= 4 is 44.8 Å². The smallest absolute Gasteiger partial charge is 0.225 e. The topological polar surface area (TPSA) is 116 Å². The van der Waals surface area contributed by atoms with Crippen LogP contribution in [0.1, 0.15) is 25.3 Å². The fourth-order valence-electron chi connectivity index (χ4n) is 2.82. The number of nitriles is 1. The maximum atomic E-state index is 12.9. The maximum Gasteiger partial charge on any atom is 0.225 e. The Morgan fingerprint density at radius 3 is 2.69 bits per heavy atom. The number of amides is 2. The van der Waals surface area contributed by atoms with Gasteiger partial charge in [0.2, 0.25) is 11.8 Å². The summed E-state index contributed by atoms with van der Waals surface area (Å²) in [6.07, 6.45) is 0.147. The Bertz CT molecular complexity index is 1090. The first-order chi connectivity index (χ1) is 13.8. The third-order valence-electron chi connectivity index (χ3n) is 4.44. The second-order valence-electron chi connectivity index (χ2n) is 6.60. The Kier molecular flexibility index (Phi) is 6.25. The summed E-state index contributed by atoms with van der Waals surface area (Å²) < 4.78 is 25.8. The van der Waals surface area contributed by atoms with E-state index in [1.54, 1.807) is 30.3 Å². The van der Waals surface area contributed by atoms with Crippen LogP contribution in [0, 0.1) is 11.3 Å². The first-order valence-corrected chi connectivity index (χ1v) is 11.4. The highest BCUT2D eigenvalue weighted by Crippen LogP contribution is 2.33. The normalized spacial score (nSPS) is 14.7. The molecule has 0 aliphatic carbocycles. The predicted molar refractivity (Wildman–Crippen MR) is 111 cm³/mol. The van der Waals surface area contributed by atoms with Gasteiger partial charge in [-0.25, -0.2) is 8.42 Å². The van der Waals surface area contributed by atoms with Crippen molar-refractivity contribution in [1.29, 1.82) is 5.26 Å². The largest absolute Gasteiger partial charge is 0.326 e. The van der Waals surface area contributed by atoms with Gasteiger partial charge in [0.15, 0.2) is 9.84 Å². The van der Waals surface area contributed by atoms with Gasteiger partial charge in [0.05, 0.1) is 27.5 Å². The minimum Gasteiger partial charge on any atom is -0.326 e. The molecule has 3 rings (SSSR count). The monoisotopic (exact) mass is 429 g/mol. The van der Waals surface area contributed by atoms with E-state index in [9.17, 15) is 18.0 Å². The van der Waals surface area contributed by atoms with Gasteiger partial charge in [-0.2, -0.15) is 5.26 Å². The van der Waals surface area contributed by atoms with Gasteiger partial charge in [-0.3, -0.25) is 9.59 Å². The molecule has 7 nitrogen and oxygen atoms in total. The number of carbonyl (C=O) groups excluding carboxylic acids is 2. The fraction of sp³-hybridized carbons (Fsp3) is 0.250. The molecule has 2 N–H and O–H groups in total. The minimum atomic E-state index is -3.76. The van der Waals surface area contributed by atoms with Crippen molar-refractivity contribution in [2.75, 3.05) is 16.4 Å². The van der Waals surface area contributed by atoms with Crippen LogP contribution < -0.4 is 10.6 Å². The van der Waals surface area contributed by atoms with Crippen LogP contribution in [0.25, 0.3) is 0 Å². The van der Waals surface area contributed by atoms with Crippen LogP contribution in [0.15, 0.2) is 52.3 Å². The van der Waals surface area contributed by atoms with Gasteiger partial charge in [0.25, 0.3) is 0 Å². The lowest BCUT2D eigenvalue weighted by atomic mass is 10.2. The second-order valence-corrected chi connectivity index (χ2v) is 10.1. The number of benzene rings is 2. The van der Waals surface area contributed by atoms with Crippen molar-refractivity contribution in [2.45, 2.75) is 34.8 Å².